The Balaban J connectivity index is 4.49. The lowest BCUT2D eigenvalue weighted by Gasteiger charge is -2.25. The summed E-state index contributed by atoms with van der Waals surface area (Å²) in [6.07, 6.45) is 5.98. The van der Waals surface area contributed by atoms with Gasteiger partial charge in [-0.25, -0.2) is 0 Å². The van der Waals surface area contributed by atoms with Crippen LogP contribution < -0.4 is 5.32 Å². The fourth-order valence-corrected chi connectivity index (χ4v) is 1.25. The standard InChI is InChI=1S/C12H20N2O3/c1-5-7-14(8-11(15)16)10(4)12(17)13-9(3)6-2/h1,9-10H,6-8H2,2-4H3,(H,13,17)(H,15,16). The number of hydrogen-bond acceptors (Lipinski definition) is 3. The first-order chi connectivity index (χ1) is 7.92. The van der Waals surface area contributed by atoms with E-state index in [0.29, 0.717) is 0 Å². The molecule has 0 rings (SSSR count). The molecule has 5 nitrogen and oxygen atoms in total. The SMILES string of the molecule is C#CCN(CC(=O)O)C(C)C(=O)NC(C)CC. The van der Waals surface area contributed by atoms with Crippen LogP contribution in [0.25, 0.3) is 0 Å². The largest absolute Gasteiger partial charge is 0.480 e. The zero-order chi connectivity index (χ0) is 13.4. The highest BCUT2D eigenvalue weighted by Gasteiger charge is 2.23. The van der Waals surface area contributed by atoms with Crippen LogP contribution in [-0.2, 0) is 9.59 Å². The Hall–Kier alpha value is -1.54. The van der Waals surface area contributed by atoms with Crippen LogP contribution in [-0.4, -0.2) is 47.1 Å². The van der Waals surface area contributed by atoms with Crippen LogP contribution in [0.15, 0.2) is 0 Å². The minimum Gasteiger partial charge on any atom is -0.480 e. The highest BCUT2D eigenvalue weighted by Crippen LogP contribution is 2.00. The molecule has 0 bridgehead atoms. The summed E-state index contributed by atoms with van der Waals surface area (Å²) in [5.74, 6) is 1.16. The third-order valence-corrected chi connectivity index (χ3v) is 2.56. The first-order valence-corrected chi connectivity index (χ1v) is 5.62. The smallest absolute Gasteiger partial charge is 0.317 e. The van der Waals surface area contributed by atoms with Crippen LogP contribution in [0.1, 0.15) is 27.2 Å². The van der Waals surface area contributed by atoms with Crippen molar-refractivity contribution in [3.05, 3.63) is 0 Å². The lowest BCUT2D eigenvalue weighted by molar-refractivity contribution is -0.139. The molecule has 0 aromatic heterocycles. The molecule has 0 heterocycles. The van der Waals surface area contributed by atoms with Gasteiger partial charge in [0, 0.05) is 6.04 Å². The van der Waals surface area contributed by atoms with Crippen molar-refractivity contribution in [1.82, 2.24) is 10.2 Å². The van der Waals surface area contributed by atoms with Gasteiger partial charge in [-0.2, -0.15) is 0 Å². The Kier molecular flexibility index (Phi) is 6.99. The van der Waals surface area contributed by atoms with Gasteiger partial charge in [0.1, 0.15) is 0 Å². The third kappa shape index (κ3) is 5.93. The Morgan fingerprint density at radius 2 is 2.06 bits per heavy atom. The van der Waals surface area contributed by atoms with E-state index in [1.54, 1.807) is 6.92 Å². The van der Waals surface area contributed by atoms with Gasteiger partial charge in [-0.15, -0.1) is 6.42 Å². The van der Waals surface area contributed by atoms with Crippen LogP contribution in [0.3, 0.4) is 0 Å². The second-order valence-corrected chi connectivity index (χ2v) is 4.00. The molecule has 0 saturated heterocycles. The highest BCUT2D eigenvalue weighted by molar-refractivity contribution is 5.82. The molecule has 2 unspecified atom stereocenters. The number of nitrogens with zero attached hydrogens (tertiary/aromatic N) is 1. The number of rotatable bonds is 7. The normalized spacial score (nSPS) is 13.8. The van der Waals surface area contributed by atoms with Crippen molar-refractivity contribution in [2.45, 2.75) is 39.3 Å². The van der Waals surface area contributed by atoms with Crippen molar-refractivity contribution < 1.29 is 14.7 Å². The minimum absolute atomic E-state index is 0.0717. The van der Waals surface area contributed by atoms with E-state index in [0.717, 1.165) is 6.42 Å². The average molecular weight is 240 g/mol. The summed E-state index contributed by atoms with van der Waals surface area (Å²) in [6.45, 7) is 5.41. The Labute approximate surface area is 102 Å². The second-order valence-electron chi connectivity index (χ2n) is 4.00. The maximum absolute atomic E-state index is 11.8. The van der Waals surface area contributed by atoms with Crippen molar-refractivity contribution >= 4 is 11.9 Å². The van der Waals surface area contributed by atoms with Gasteiger partial charge < -0.3 is 10.4 Å². The zero-order valence-electron chi connectivity index (χ0n) is 10.6. The number of carbonyl (C=O) groups excluding carboxylic acids is 1. The monoisotopic (exact) mass is 240 g/mol. The molecule has 0 aliphatic rings. The molecular formula is C12H20N2O3. The Bertz CT molecular complexity index is 309. The van der Waals surface area contributed by atoms with E-state index in [4.69, 9.17) is 11.5 Å². The molecule has 0 aromatic rings. The second kappa shape index (κ2) is 7.69. The van der Waals surface area contributed by atoms with Gasteiger partial charge >= 0.3 is 5.97 Å². The summed E-state index contributed by atoms with van der Waals surface area (Å²) >= 11 is 0. The molecule has 0 aromatic carbocycles. The number of aliphatic carboxylic acids is 1. The van der Waals surface area contributed by atoms with Gasteiger partial charge in [0.25, 0.3) is 0 Å². The fraction of sp³-hybridized carbons (Fsp3) is 0.667. The van der Waals surface area contributed by atoms with E-state index in [1.807, 2.05) is 13.8 Å². The van der Waals surface area contributed by atoms with Crippen molar-refractivity contribution in [2.24, 2.45) is 0 Å². The van der Waals surface area contributed by atoms with E-state index < -0.39 is 12.0 Å². The lowest BCUT2D eigenvalue weighted by atomic mass is 10.2. The summed E-state index contributed by atoms with van der Waals surface area (Å²) in [7, 11) is 0. The van der Waals surface area contributed by atoms with E-state index in [-0.39, 0.29) is 25.0 Å². The third-order valence-electron chi connectivity index (χ3n) is 2.56. The number of carboxylic acids is 1. The predicted molar refractivity (Wildman–Crippen MR) is 65.4 cm³/mol. The van der Waals surface area contributed by atoms with Gasteiger partial charge in [0.15, 0.2) is 0 Å². The Morgan fingerprint density at radius 1 is 1.47 bits per heavy atom. The lowest BCUT2D eigenvalue weighted by Crippen LogP contribution is -2.49. The zero-order valence-corrected chi connectivity index (χ0v) is 10.6. The van der Waals surface area contributed by atoms with Gasteiger partial charge in [0.2, 0.25) is 5.91 Å². The number of carboxylic acid groups (broad SMARTS) is 1. The van der Waals surface area contributed by atoms with Crippen molar-refractivity contribution in [3.8, 4) is 12.3 Å². The molecule has 5 heteroatoms. The number of nitrogens with one attached hydrogen (secondary N) is 1. The van der Waals surface area contributed by atoms with Crippen LogP contribution in [0.2, 0.25) is 0 Å². The van der Waals surface area contributed by atoms with Crippen LogP contribution >= 0.6 is 0 Å². The van der Waals surface area contributed by atoms with E-state index >= 15 is 0 Å². The minimum atomic E-state index is -0.997. The van der Waals surface area contributed by atoms with Crippen molar-refractivity contribution in [1.29, 1.82) is 0 Å². The summed E-state index contributed by atoms with van der Waals surface area (Å²) in [5, 5.41) is 11.5. The molecule has 0 radical (unpaired) electrons. The fourth-order valence-electron chi connectivity index (χ4n) is 1.25. The number of hydrogen-bond donors (Lipinski definition) is 2. The van der Waals surface area contributed by atoms with Crippen LogP contribution in [0.5, 0.6) is 0 Å². The quantitative estimate of drug-likeness (QED) is 0.628. The topological polar surface area (TPSA) is 69.6 Å². The van der Waals surface area contributed by atoms with Gasteiger partial charge in [-0.3, -0.25) is 14.5 Å². The molecular weight excluding hydrogens is 220 g/mol. The first-order valence-electron chi connectivity index (χ1n) is 5.62. The molecule has 96 valence electrons. The summed E-state index contributed by atoms with van der Waals surface area (Å²) in [4.78, 5) is 23.9. The predicted octanol–water partition coefficient (Wildman–Crippen LogP) is 0.309. The van der Waals surface area contributed by atoms with E-state index in [9.17, 15) is 9.59 Å². The summed E-state index contributed by atoms with van der Waals surface area (Å²) in [6, 6.07) is -0.474. The highest BCUT2D eigenvalue weighted by atomic mass is 16.4. The van der Waals surface area contributed by atoms with Gasteiger partial charge in [0.05, 0.1) is 19.1 Å². The maximum atomic E-state index is 11.8. The number of terminal acetylenes is 1. The maximum Gasteiger partial charge on any atom is 0.317 e. The molecule has 0 aliphatic heterocycles. The molecule has 2 N–H and O–H groups in total. The summed E-state index contributed by atoms with van der Waals surface area (Å²) in [5.41, 5.74) is 0. The van der Waals surface area contributed by atoms with Gasteiger partial charge in [-0.1, -0.05) is 12.8 Å². The molecule has 17 heavy (non-hydrogen) atoms. The number of amides is 1. The van der Waals surface area contributed by atoms with Crippen LogP contribution in [0.4, 0.5) is 0 Å². The molecule has 0 aliphatic carbocycles. The van der Waals surface area contributed by atoms with E-state index in [1.165, 1.54) is 4.90 Å². The molecule has 0 spiro atoms. The first kappa shape index (κ1) is 15.5. The Morgan fingerprint density at radius 3 is 2.47 bits per heavy atom. The van der Waals surface area contributed by atoms with Crippen LogP contribution in [0, 0.1) is 12.3 Å². The van der Waals surface area contributed by atoms with Gasteiger partial charge in [-0.05, 0) is 20.3 Å². The summed E-state index contributed by atoms with van der Waals surface area (Å²) < 4.78 is 0. The molecule has 0 fully saturated rings. The molecule has 0 saturated carbocycles. The average Bonchev–Trinajstić information content (AvgIpc) is 2.26. The molecule has 1 amide bonds. The number of carbonyl (C=O) groups is 2. The molecule has 2 atom stereocenters. The van der Waals surface area contributed by atoms with E-state index in [2.05, 4.69) is 11.2 Å². The van der Waals surface area contributed by atoms with Crippen molar-refractivity contribution in [2.75, 3.05) is 13.1 Å². The van der Waals surface area contributed by atoms with Crippen molar-refractivity contribution in [3.63, 3.8) is 0 Å².